The molecule has 1 amide bonds. The Hall–Kier alpha value is -2.79. The Morgan fingerprint density at radius 3 is 2.49 bits per heavy atom. The van der Waals surface area contributed by atoms with Crippen LogP contribution in [-0.4, -0.2) is 55.5 Å². The molecule has 35 heavy (non-hydrogen) atoms. The summed E-state index contributed by atoms with van der Waals surface area (Å²) in [7, 11) is 1.73. The van der Waals surface area contributed by atoms with Crippen LogP contribution in [0.3, 0.4) is 0 Å². The standard InChI is InChI=1S/C30H40N2O3/c1-21(2)16-24-6-7-27(30(17-24)34-5)20-35-28-10-11-29-22(3)26(9-8-25(29)18-28)19-31-12-14-32(15-13-31)23(4)33/h6-7,10-11,17-18,21H,8-9,12-16,19-20H2,1-5H3. The smallest absolute Gasteiger partial charge is 0.219 e. The summed E-state index contributed by atoms with van der Waals surface area (Å²) in [5, 5.41) is 0. The van der Waals surface area contributed by atoms with Crippen LogP contribution in [0.4, 0.5) is 0 Å². The van der Waals surface area contributed by atoms with Gasteiger partial charge in [0.2, 0.25) is 5.91 Å². The summed E-state index contributed by atoms with van der Waals surface area (Å²) in [6, 6.07) is 13.0. The second-order valence-corrected chi connectivity index (χ2v) is 10.4. The zero-order chi connectivity index (χ0) is 24.9. The number of nitrogens with zero attached hydrogens (tertiary/aromatic N) is 2. The van der Waals surface area contributed by atoms with Crippen molar-refractivity contribution < 1.29 is 14.3 Å². The van der Waals surface area contributed by atoms with Crippen LogP contribution >= 0.6 is 0 Å². The molecule has 4 rings (SSSR count). The second kappa shape index (κ2) is 11.3. The van der Waals surface area contributed by atoms with Gasteiger partial charge in [0.1, 0.15) is 18.1 Å². The fourth-order valence-electron chi connectivity index (χ4n) is 5.25. The van der Waals surface area contributed by atoms with Gasteiger partial charge in [-0.15, -0.1) is 0 Å². The number of methoxy groups -OCH3 is 1. The molecule has 0 spiro atoms. The Morgan fingerprint density at radius 1 is 1.03 bits per heavy atom. The van der Waals surface area contributed by atoms with Gasteiger partial charge in [0, 0.05) is 45.2 Å². The molecule has 5 nitrogen and oxygen atoms in total. The molecule has 1 fully saturated rings. The van der Waals surface area contributed by atoms with Gasteiger partial charge in [-0.25, -0.2) is 0 Å². The van der Waals surface area contributed by atoms with Gasteiger partial charge in [-0.2, -0.15) is 0 Å². The van der Waals surface area contributed by atoms with Crippen LogP contribution in [0, 0.1) is 5.92 Å². The predicted molar refractivity (Wildman–Crippen MR) is 142 cm³/mol. The topological polar surface area (TPSA) is 42.0 Å². The van der Waals surface area contributed by atoms with Crippen molar-refractivity contribution in [2.75, 3.05) is 39.8 Å². The predicted octanol–water partition coefficient (Wildman–Crippen LogP) is 5.36. The Kier molecular flexibility index (Phi) is 8.17. The maximum absolute atomic E-state index is 11.6. The zero-order valence-corrected chi connectivity index (χ0v) is 22.0. The van der Waals surface area contributed by atoms with Crippen LogP contribution in [-0.2, 0) is 24.2 Å². The Morgan fingerprint density at radius 2 is 1.80 bits per heavy atom. The van der Waals surface area contributed by atoms with Gasteiger partial charge in [0.25, 0.3) is 0 Å². The molecule has 0 unspecified atom stereocenters. The lowest BCUT2D eigenvalue weighted by Crippen LogP contribution is -2.48. The first-order valence-electron chi connectivity index (χ1n) is 12.9. The molecule has 1 aliphatic carbocycles. The van der Waals surface area contributed by atoms with Crippen LogP contribution < -0.4 is 9.47 Å². The van der Waals surface area contributed by atoms with Crippen LogP contribution in [0.5, 0.6) is 11.5 Å². The quantitative estimate of drug-likeness (QED) is 0.515. The summed E-state index contributed by atoms with van der Waals surface area (Å²) in [6.45, 7) is 13.5. The van der Waals surface area contributed by atoms with E-state index in [1.807, 2.05) is 4.90 Å². The van der Waals surface area contributed by atoms with Crippen LogP contribution in [0.1, 0.15) is 56.4 Å². The molecule has 0 atom stereocenters. The lowest BCUT2D eigenvalue weighted by molar-refractivity contribution is -0.130. The molecule has 1 aliphatic heterocycles. The number of piperazine rings is 1. The number of hydrogen-bond acceptors (Lipinski definition) is 4. The molecule has 2 aromatic rings. The maximum atomic E-state index is 11.6. The lowest BCUT2D eigenvalue weighted by Gasteiger charge is -2.35. The fourth-order valence-corrected chi connectivity index (χ4v) is 5.25. The number of hydrogen-bond donors (Lipinski definition) is 0. The average Bonchev–Trinajstić information content (AvgIpc) is 2.84. The molecule has 188 valence electrons. The van der Waals surface area contributed by atoms with E-state index in [4.69, 9.17) is 9.47 Å². The molecule has 2 aromatic carbocycles. The van der Waals surface area contributed by atoms with Gasteiger partial charge in [-0.1, -0.05) is 37.6 Å². The van der Waals surface area contributed by atoms with E-state index in [2.05, 4.69) is 62.1 Å². The lowest BCUT2D eigenvalue weighted by atomic mass is 9.86. The number of carbonyl (C=O) groups is 1. The maximum Gasteiger partial charge on any atom is 0.219 e. The third-order valence-electron chi connectivity index (χ3n) is 7.33. The SMILES string of the molecule is COc1cc(CC(C)C)ccc1COc1ccc2c(c1)CCC(CN1CCN(C(C)=O)CC1)=C2C. The number of aryl methyl sites for hydroxylation is 1. The van der Waals surface area contributed by atoms with Gasteiger partial charge in [-0.05, 0) is 72.6 Å². The van der Waals surface area contributed by atoms with E-state index in [0.29, 0.717) is 12.5 Å². The minimum atomic E-state index is 0.186. The highest BCUT2D eigenvalue weighted by atomic mass is 16.5. The summed E-state index contributed by atoms with van der Waals surface area (Å²) in [5.41, 5.74) is 8.00. The van der Waals surface area contributed by atoms with Gasteiger partial charge in [0.05, 0.1) is 7.11 Å². The fraction of sp³-hybridized carbons (Fsp3) is 0.500. The van der Waals surface area contributed by atoms with Crippen LogP contribution in [0.2, 0.25) is 0 Å². The van der Waals surface area contributed by atoms with E-state index >= 15 is 0 Å². The number of amides is 1. The number of ether oxygens (including phenoxy) is 2. The Balaban J connectivity index is 1.39. The minimum Gasteiger partial charge on any atom is -0.496 e. The van der Waals surface area contributed by atoms with Crippen molar-refractivity contribution in [2.24, 2.45) is 5.92 Å². The highest BCUT2D eigenvalue weighted by Gasteiger charge is 2.22. The van der Waals surface area contributed by atoms with Crippen LogP contribution in [0.15, 0.2) is 42.0 Å². The third-order valence-corrected chi connectivity index (χ3v) is 7.33. The van der Waals surface area contributed by atoms with Gasteiger partial charge in [-0.3, -0.25) is 9.69 Å². The number of carbonyl (C=O) groups excluding carboxylic acids is 1. The average molecular weight is 477 g/mol. The first-order valence-corrected chi connectivity index (χ1v) is 12.9. The molecule has 1 heterocycles. The molecule has 0 saturated carbocycles. The third kappa shape index (κ3) is 6.26. The molecule has 0 bridgehead atoms. The van der Waals surface area contributed by atoms with E-state index in [-0.39, 0.29) is 5.91 Å². The number of benzene rings is 2. The first kappa shape index (κ1) is 25.3. The molecule has 0 radical (unpaired) electrons. The van der Waals surface area contributed by atoms with Crippen molar-refractivity contribution in [1.82, 2.24) is 9.80 Å². The molecule has 5 heteroatoms. The van der Waals surface area contributed by atoms with Crippen molar-refractivity contribution in [3.05, 3.63) is 64.2 Å². The Labute approximate surface area is 210 Å². The number of fused-ring (bicyclic) bond motifs is 1. The second-order valence-electron chi connectivity index (χ2n) is 10.4. The van der Waals surface area contributed by atoms with E-state index in [1.165, 1.54) is 27.8 Å². The van der Waals surface area contributed by atoms with Gasteiger partial charge >= 0.3 is 0 Å². The molecular formula is C30H40N2O3. The van der Waals surface area contributed by atoms with Crippen molar-refractivity contribution >= 4 is 11.5 Å². The normalized spacial score (nSPS) is 16.5. The molecule has 2 aliphatic rings. The van der Waals surface area contributed by atoms with Crippen molar-refractivity contribution in [3.8, 4) is 11.5 Å². The van der Waals surface area contributed by atoms with Crippen molar-refractivity contribution in [2.45, 2.75) is 53.6 Å². The van der Waals surface area contributed by atoms with Crippen LogP contribution in [0.25, 0.3) is 5.57 Å². The zero-order valence-electron chi connectivity index (χ0n) is 22.0. The summed E-state index contributed by atoms with van der Waals surface area (Å²) in [6.07, 6.45) is 3.17. The summed E-state index contributed by atoms with van der Waals surface area (Å²) >= 11 is 0. The highest BCUT2D eigenvalue weighted by molar-refractivity contribution is 5.73. The van der Waals surface area contributed by atoms with Crippen molar-refractivity contribution in [1.29, 1.82) is 0 Å². The first-order chi connectivity index (χ1) is 16.8. The minimum absolute atomic E-state index is 0.186. The number of allylic oxidation sites excluding steroid dienone is 1. The molecular weight excluding hydrogens is 436 g/mol. The van der Waals surface area contributed by atoms with E-state index in [1.54, 1.807) is 14.0 Å². The van der Waals surface area contributed by atoms with E-state index in [9.17, 15) is 4.79 Å². The molecule has 0 N–H and O–H groups in total. The molecule has 0 aromatic heterocycles. The summed E-state index contributed by atoms with van der Waals surface area (Å²) in [5.74, 6) is 2.61. The largest absolute Gasteiger partial charge is 0.496 e. The summed E-state index contributed by atoms with van der Waals surface area (Å²) < 4.78 is 11.8. The molecule has 1 saturated heterocycles. The highest BCUT2D eigenvalue weighted by Crippen LogP contribution is 2.34. The monoisotopic (exact) mass is 476 g/mol. The Bertz CT molecular complexity index is 1080. The van der Waals surface area contributed by atoms with E-state index < -0.39 is 0 Å². The number of rotatable bonds is 8. The van der Waals surface area contributed by atoms with E-state index in [0.717, 1.165) is 69.0 Å². The van der Waals surface area contributed by atoms with Crippen molar-refractivity contribution in [3.63, 3.8) is 0 Å². The van der Waals surface area contributed by atoms with Gasteiger partial charge < -0.3 is 14.4 Å². The summed E-state index contributed by atoms with van der Waals surface area (Å²) in [4.78, 5) is 16.0. The van der Waals surface area contributed by atoms with Gasteiger partial charge in [0.15, 0.2) is 0 Å².